The molecule has 0 aliphatic carbocycles. The zero-order valence-electron chi connectivity index (χ0n) is 15.1. The molecular weight excluding hydrogens is 362 g/mol. The Balaban J connectivity index is 1.76. The summed E-state index contributed by atoms with van der Waals surface area (Å²) in [6.45, 7) is 4.06. The van der Waals surface area contributed by atoms with Crippen LogP contribution < -0.4 is 10.5 Å². The number of amides is 1. The second-order valence-corrected chi connectivity index (χ2v) is 8.07. The molecular formula is C20H21N3O3S. The molecule has 7 heteroatoms. The number of hydrogen-bond donors (Lipinski definition) is 2. The van der Waals surface area contributed by atoms with Gasteiger partial charge in [0, 0.05) is 28.3 Å². The van der Waals surface area contributed by atoms with Crippen molar-refractivity contribution in [1.29, 1.82) is 0 Å². The molecule has 0 spiro atoms. The normalized spacial score (nSPS) is 11.4. The Labute approximate surface area is 158 Å². The maximum atomic E-state index is 12.5. The Morgan fingerprint density at radius 2 is 1.63 bits per heavy atom. The van der Waals surface area contributed by atoms with E-state index in [4.69, 9.17) is 5.14 Å². The fourth-order valence-electron chi connectivity index (χ4n) is 3.01. The summed E-state index contributed by atoms with van der Waals surface area (Å²) in [5.41, 5.74) is 4.78. The average Bonchev–Trinajstić information content (AvgIpc) is 2.92. The summed E-state index contributed by atoms with van der Waals surface area (Å²) in [6.07, 6.45) is 0. The zero-order valence-corrected chi connectivity index (χ0v) is 16.0. The highest BCUT2D eigenvalue weighted by molar-refractivity contribution is 7.88. The number of primary sulfonamides is 1. The lowest BCUT2D eigenvalue weighted by atomic mass is 10.1. The summed E-state index contributed by atoms with van der Waals surface area (Å²) in [7, 11) is -3.62. The van der Waals surface area contributed by atoms with Gasteiger partial charge in [0.15, 0.2) is 0 Å². The van der Waals surface area contributed by atoms with Crippen LogP contribution in [-0.2, 0) is 15.8 Å². The minimum atomic E-state index is -3.62. The van der Waals surface area contributed by atoms with Gasteiger partial charge in [-0.3, -0.25) is 4.79 Å². The molecule has 0 fully saturated rings. The largest absolute Gasteiger partial charge is 0.322 e. The van der Waals surface area contributed by atoms with Gasteiger partial charge in [-0.2, -0.15) is 0 Å². The number of benzene rings is 2. The van der Waals surface area contributed by atoms with Crippen molar-refractivity contribution in [2.45, 2.75) is 19.6 Å². The Bertz CT molecular complexity index is 1060. The minimum absolute atomic E-state index is 0.268. The van der Waals surface area contributed by atoms with Gasteiger partial charge >= 0.3 is 0 Å². The molecule has 140 valence electrons. The maximum absolute atomic E-state index is 12.5. The third-order valence-corrected chi connectivity index (χ3v) is 4.95. The molecule has 1 heterocycles. The van der Waals surface area contributed by atoms with E-state index in [1.165, 1.54) is 0 Å². The number of aromatic nitrogens is 1. The van der Waals surface area contributed by atoms with E-state index >= 15 is 0 Å². The first-order chi connectivity index (χ1) is 12.7. The van der Waals surface area contributed by atoms with Crippen molar-refractivity contribution in [2.75, 3.05) is 5.32 Å². The molecule has 3 N–H and O–H groups in total. The molecule has 0 radical (unpaired) electrons. The summed E-state index contributed by atoms with van der Waals surface area (Å²) in [4.78, 5) is 12.5. The molecule has 3 aromatic rings. The van der Waals surface area contributed by atoms with Crippen LogP contribution in [0.3, 0.4) is 0 Å². The third kappa shape index (κ3) is 4.64. The van der Waals surface area contributed by atoms with Gasteiger partial charge in [0.25, 0.3) is 5.91 Å². The Morgan fingerprint density at radius 1 is 1.00 bits per heavy atom. The van der Waals surface area contributed by atoms with Gasteiger partial charge in [0.1, 0.15) is 0 Å². The summed E-state index contributed by atoms with van der Waals surface area (Å²) >= 11 is 0. The second kappa shape index (κ2) is 7.38. The van der Waals surface area contributed by atoms with Crippen molar-refractivity contribution >= 4 is 21.6 Å². The molecule has 1 amide bonds. The number of hydrogen-bond acceptors (Lipinski definition) is 3. The van der Waals surface area contributed by atoms with E-state index in [-0.39, 0.29) is 11.7 Å². The van der Waals surface area contributed by atoms with Crippen LogP contribution in [0.4, 0.5) is 5.69 Å². The summed E-state index contributed by atoms with van der Waals surface area (Å²) in [5.74, 6) is -0.545. The molecule has 0 saturated heterocycles. The average molecular weight is 383 g/mol. The Hall–Kier alpha value is -2.90. The van der Waals surface area contributed by atoms with E-state index < -0.39 is 10.0 Å². The van der Waals surface area contributed by atoms with Gasteiger partial charge in [0.05, 0.1) is 5.75 Å². The molecule has 6 nitrogen and oxygen atoms in total. The van der Waals surface area contributed by atoms with Crippen molar-refractivity contribution in [3.05, 3.63) is 83.2 Å². The maximum Gasteiger partial charge on any atom is 0.255 e. The van der Waals surface area contributed by atoms with Crippen molar-refractivity contribution < 1.29 is 13.2 Å². The van der Waals surface area contributed by atoms with Gasteiger partial charge in [0.2, 0.25) is 10.0 Å². The van der Waals surface area contributed by atoms with Crippen molar-refractivity contribution in [3.8, 4) is 5.69 Å². The fraction of sp³-hybridized carbons (Fsp3) is 0.150. The van der Waals surface area contributed by atoms with Crippen LogP contribution in [0.15, 0.2) is 60.7 Å². The topological polar surface area (TPSA) is 94.2 Å². The number of nitrogens with two attached hydrogens (primary N) is 1. The zero-order chi connectivity index (χ0) is 19.6. The number of nitrogens with zero attached hydrogens (tertiary/aromatic N) is 1. The number of carbonyl (C=O) groups excluding carboxylic acids is 1. The van der Waals surface area contributed by atoms with Crippen LogP contribution in [0.2, 0.25) is 0 Å². The lowest BCUT2D eigenvalue weighted by Gasteiger charge is -2.11. The van der Waals surface area contributed by atoms with Crippen LogP contribution in [0, 0.1) is 13.8 Å². The number of nitrogens with one attached hydrogen (secondary N) is 1. The minimum Gasteiger partial charge on any atom is -0.322 e. The van der Waals surface area contributed by atoms with Gasteiger partial charge < -0.3 is 9.88 Å². The molecule has 0 unspecified atom stereocenters. The number of rotatable bonds is 5. The fourth-order valence-corrected chi connectivity index (χ4v) is 3.66. The molecule has 0 aliphatic heterocycles. The molecule has 1 aromatic heterocycles. The summed E-state index contributed by atoms with van der Waals surface area (Å²) in [5, 5.41) is 7.85. The highest BCUT2D eigenvalue weighted by Crippen LogP contribution is 2.18. The van der Waals surface area contributed by atoms with Gasteiger partial charge in [-0.15, -0.1) is 0 Å². The van der Waals surface area contributed by atoms with Crippen LogP contribution >= 0.6 is 0 Å². The van der Waals surface area contributed by atoms with E-state index in [1.54, 1.807) is 36.4 Å². The molecule has 2 aromatic carbocycles. The van der Waals surface area contributed by atoms with E-state index in [0.717, 1.165) is 17.1 Å². The van der Waals surface area contributed by atoms with Gasteiger partial charge in [-0.25, -0.2) is 13.6 Å². The molecule has 0 atom stereocenters. The first-order valence-electron chi connectivity index (χ1n) is 8.39. The molecule has 27 heavy (non-hydrogen) atoms. The highest BCUT2D eigenvalue weighted by atomic mass is 32.2. The number of aryl methyl sites for hydroxylation is 2. The molecule has 0 saturated carbocycles. The lowest BCUT2D eigenvalue weighted by Crippen LogP contribution is -2.15. The smallest absolute Gasteiger partial charge is 0.255 e. The molecule has 0 bridgehead atoms. The number of sulfonamides is 1. The summed E-state index contributed by atoms with van der Waals surface area (Å²) < 4.78 is 24.6. The van der Waals surface area contributed by atoms with Crippen LogP contribution in [0.5, 0.6) is 0 Å². The Morgan fingerprint density at radius 3 is 2.22 bits per heavy atom. The van der Waals surface area contributed by atoms with Crippen LogP contribution in [0.1, 0.15) is 27.3 Å². The van der Waals surface area contributed by atoms with E-state index in [9.17, 15) is 13.2 Å². The number of carbonyl (C=O) groups is 1. The quantitative estimate of drug-likeness (QED) is 0.709. The van der Waals surface area contributed by atoms with Crippen LogP contribution in [-0.4, -0.2) is 18.9 Å². The predicted molar refractivity (Wildman–Crippen MR) is 106 cm³/mol. The Kier molecular flexibility index (Phi) is 5.16. The number of anilines is 1. The highest BCUT2D eigenvalue weighted by Gasteiger charge is 2.10. The van der Waals surface area contributed by atoms with Gasteiger partial charge in [-0.05, 0) is 67.9 Å². The molecule has 0 aliphatic rings. The van der Waals surface area contributed by atoms with E-state index in [2.05, 4.69) is 9.88 Å². The molecule has 3 rings (SSSR count). The monoisotopic (exact) mass is 383 g/mol. The predicted octanol–water partition coefficient (Wildman–Crippen LogP) is 3.13. The SMILES string of the molecule is Cc1ccc(C)n1-c1ccc(C(=O)Nc2cccc(CS(N)(=O)=O)c2)cc1. The summed E-state index contributed by atoms with van der Waals surface area (Å²) in [6, 6.07) is 18.0. The van der Waals surface area contributed by atoms with Crippen molar-refractivity contribution in [1.82, 2.24) is 4.57 Å². The van der Waals surface area contributed by atoms with Crippen LogP contribution in [0.25, 0.3) is 5.69 Å². The first kappa shape index (κ1) is 18.9. The lowest BCUT2D eigenvalue weighted by molar-refractivity contribution is 0.102. The third-order valence-electron chi connectivity index (χ3n) is 4.21. The van der Waals surface area contributed by atoms with Crippen molar-refractivity contribution in [2.24, 2.45) is 5.14 Å². The van der Waals surface area contributed by atoms with E-state index in [1.807, 2.05) is 38.1 Å². The van der Waals surface area contributed by atoms with Crippen molar-refractivity contribution in [3.63, 3.8) is 0 Å². The van der Waals surface area contributed by atoms with Gasteiger partial charge in [-0.1, -0.05) is 12.1 Å². The first-order valence-corrected chi connectivity index (χ1v) is 10.1. The standard InChI is InChI=1S/C20H21N3O3S/c1-14-6-7-15(2)23(14)19-10-8-17(9-11-19)20(24)22-18-5-3-4-16(12-18)13-27(21,25)26/h3-12H,13H2,1-2H3,(H,22,24)(H2,21,25,26). The second-order valence-electron chi connectivity index (χ2n) is 6.46. The van der Waals surface area contributed by atoms with E-state index in [0.29, 0.717) is 16.8 Å².